The standard InChI is InChI=1S/C18H20F4O5S/c1-26-16(23)14-9-7-13(8-10-14)12-17(19)11-5-3-2-4-6-15(17)27-28(24,25)18(20,21)22/h6-10H,2-5,11-12H2,1H3/b15-6+. The van der Waals surface area contributed by atoms with E-state index in [2.05, 4.69) is 8.92 Å². The van der Waals surface area contributed by atoms with Crippen LogP contribution >= 0.6 is 0 Å². The lowest BCUT2D eigenvalue weighted by atomic mass is 9.86. The molecule has 1 unspecified atom stereocenters. The minimum atomic E-state index is -5.98. The summed E-state index contributed by atoms with van der Waals surface area (Å²) in [6, 6.07) is 5.65. The van der Waals surface area contributed by atoms with Crippen molar-refractivity contribution < 1.29 is 39.7 Å². The number of benzene rings is 1. The molecule has 10 heteroatoms. The zero-order chi connectivity index (χ0) is 21.0. The Labute approximate surface area is 160 Å². The van der Waals surface area contributed by atoms with E-state index in [1.807, 2.05) is 0 Å². The molecule has 0 heterocycles. The van der Waals surface area contributed by atoms with Crippen LogP contribution < -0.4 is 0 Å². The van der Waals surface area contributed by atoms with Gasteiger partial charge in [0.15, 0.2) is 11.4 Å². The summed E-state index contributed by atoms with van der Waals surface area (Å²) in [4.78, 5) is 11.5. The molecule has 1 aromatic carbocycles. The summed E-state index contributed by atoms with van der Waals surface area (Å²) < 4.78 is 85.4. The summed E-state index contributed by atoms with van der Waals surface area (Å²) in [6.07, 6.45) is 2.30. The first kappa shape index (κ1) is 22.2. The second kappa shape index (κ2) is 8.50. The quantitative estimate of drug-likeness (QED) is 0.303. The molecule has 0 fully saturated rings. The Bertz CT molecular complexity index is 831. The lowest BCUT2D eigenvalue weighted by Gasteiger charge is -2.29. The Kier molecular flexibility index (Phi) is 6.74. The molecule has 0 aliphatic heterocycles. The van der Waals surface area contributed by atoms with Crippen LogP contribution in [-0.2, 0) is 25.5 Å². The lowest BCUT2D eigenvalue weighted by Crippen LogP contribution is -2.35. The van der Waals surface area contributed by atoms with Crippen LogP contribution in [0.1, 0.15) is 48.0 Å². The lowest BCUT2D eigenvalue weighted by molar-refractivity contribution is -0.0539. The highest BCUT2D eigenvalue weighted by atomic mass is 32.2. The number of carbonyl (C=O) groups excluding carboxylic acids is 1. The van der Waals surface area contributed by atoms with E-state index in [1.54, 1.807) is 0 Å². The molecule has 156 valence electrons. The van der Waals surface area contributed by atoms with Crippen LogP contribution in [0.15, 0.2) is 36.1 Å². The van der Waals surface area contributed by atoms with Gasteiger partial charge in [0, 0.05) is 6.42 Å². The zero-order valence-electron chi connectivity index (χ0n) is 15.1. The fraction of sp³-hybridized carbons (Fsp3) is 0.500. The van der Waals surface area contributed by atoms with E-state index >= 15 is 4.39 Å². The summed E-state index contributed by atoms with van der Waals surface area (Å²) in [7, 11) is -4.77. The highest BCUT2D eigenvalue weighted by molar-refractivity contribution is 7.87. The van der Waals surface area contributed by atoms with Gasteiger partial charge in [-0.25, -0.2) is 9.18 Å². The summed E-state index contributed by atoms with van der Waals surface area (Å²) in [5, 5.41) is 0. The summed E-state index contributed by atoms with van der Waals surface area (Å²) in [6.45, 7) is 0. The fourth-order valence-electron chi connectivity index (χ4n) is 2.92. The smallest absolute Gasteiger partial charge is 0.465 e. The van der Waals surface area contributed by atoms with Gasteiger partial charge >= 0.3 is 21.6 Å². The van der Waals surface area contributed by atoms with Gasteiger partial charge in [-0.15, -0.1) is 0 Å². The average Bonchev–Trinajstić information content (AvgIpc) is 2.61. The molecular weight excluding hydrogens is 404 g/mol. The van der Waals surface area contributed by atoms with E-state index in [9.17, 15) is 26.4 Å². The molecule has 0 spiro atoms. The van der Waals surface area contributed by atoms with E-state index in [0.29, 0.717) is 24.8 Å². The molecule has 0 amide bonds. The molecule has 0 radical (unpaired) electrons. The maximum absolute atomic E-state index is 15.7. The summed E-state index contributed by atoms with van der Waals surface area (Å²) in [5.74, 6) is -1.44. The van der Waals surface area contributed by atoms with Crippen LogP contribution in [0, 0.1) is 0 Å². The van der Waals surface area contributed by atoms with Crippen LogP contribution in [0.5, 0.6) is 0 Å². The SMILES string of the molecule is COC(=O)c1ccc(CC2(F)CCCCC/C=C\2OS(=O)(=O)C(F)(F)F)cc1. The number of ether oxygens (including phenoxy) is 1. The van der Waals surface area contributed by atoms with E-state index in [4.69, 9.17) is 0 Å². The number of carbonyl (C=O) groups is 1. The number of alkyl halides is 4. The molecule has 1 aromatic rings. The van der Waals surface area contributed by atoms with E-state index in [1.165, 1.54) is 31.4 Å². The van der Waals surface area contributed by atoms with Crippen LogP contribution in [-0.4, -0.2) is 32.7 Å². The Balaban J connectivity index is 2.33. The number of esters is 1. The van der Waals surface area contributed by atoms with Gasteiger partial charge in [0.25, 0.3) is 0 Å². The van der Waals surface area contributed by atoms with Gasteiger partial charge in [-0.2, -0.15) is 21.6 Å². The third-order valence-electron chi connectivity index (χ3n) is 4.39. The highest BCUT2D eigenvalue weighted by Crippen LogP contribution is 2.38. The Morgan fingerprint density at radius 3 is 2.36 bits per heavy atom. The number of hydrogen-bond acceptors (Lipinski definition) is 5. The summed E-state index contributed by atoms with van der Waals surface area (Å²) in [5.41, 5.74) is -7.48. The summed E-state index contributed by atoms with van der Waals surface area (Å²) >= 11 is 0. The molecule has 0 saturated heterocycles. The van der Waals surface area contributed by atoms with Crippen molar-refractivity contribution in [1.29, 1.82) is 0 Å². The van der Waals surface area contributed by atoms with Gasteiger partial charge in [0.2, 0.25) is 0 Å². The molecule has 2 rings (SSSR count). The predicted octanol–water partition coefficient (Wildman–Crippen LogP) is 4.44. The molecule has 5 nitrogen and oxygen atoms in total. The Morgan fingerprint density at radius 1 is 1.14 bits per heavy atom. The number of allylic oxidation sites excluding steroid dienone is 2. The van der Waals surface area contributed by atoms with Crippen molar-refractivity contribution in [3.63, 3.8) is 0 Å². The molecule has 0 bridgehead atoms. The second-order valence-electron chi connectivity index (χ2n) is 6.48. The maximum Gasteiger partial charge on any atom is 0.534 e. The molecule has 0 N–H and O–H groups in total. The number of rotatable bonds is 5. The van der Waals surface area contributed by atoms with Crippen molar-refractivity contribution in [3.8, 4) is 0 Å². The largest absolute Gasteiger partial charge is 0.534 e. The zero-order valence-corrected chi connectivity index (χ0v) is 15.9. The molecule has 0 aromatic heterocycles. The Hall–Kier alpha value is -2.10. The topological polar surface area (TPSA) is 69.7 Å². The van der Waals surface area contributed by atoms with Gasteiger partial charge in [0.1, 0.15) is 0 Å². The number of halogens is 4. The minimum absolute atomic E-state index is 0.190. The van der Waals surface area contributed by atoms with Gasteiger partial charge < -0.3 is 8.92 Å². The molecular formula is C18H20F4O5S. The third kappa shape index (κ3) is 5.24. The van der Waals surface area contributed by atoms with E-state index < -0.39 is 39.4 Å². The molecule has 1 aliphatic rings. The average molecular weight is 424 g/mol. The number of methoxy groups -OCH3 is 1. The first-order valence-corrected chi connectivity index (χ1v) is 9.97. The fourth-order valence-corrected chi connectivity index (χ4v) is 3.46. The van der Waals surface area contributed by atoms with Crippen LogP contribution in [0.4, 0.5) is 17.6 Å². The first-order chi connectivity index (χ1) is 13.0. The van der Waals surface area contributed by atoms with Gasteiger partial charge in [-0.1, -0.05) is 18.6 Å². The highest BCUT2D eigenvalue weighted by Gasteiger charge is 2.51. The molecule has 1 atom stereocenters. The molecule has 28 heavy (non-hydrogen) atoms. The van der Waals surface area contributed by atoms with Gasteiger partial charge in [-0.3, -0.25) is 0 Å². The van der Waals surface area contributed by atoms with E-state index in [-0.39, 0.29) is 18.4 Å². The van der Waals surface area contributed by atoms with Crippen molar-refractivity contribution >= 4 is 16.1 Å². The van der Waals surface area contributed by atoms with Gasteiger partial charge in [0.05, 0.1) is 12.7 Å². The van der Waals surface area contributed by atoms with Crippen molar-refractivity contribution in [2.24, 2.45) is 0 Å². The monoisotopic (exact) mass is 424 g/mol. The van der Waals surface area contributed by atoms with E-state index in [0.717, 1.165) is 6.08 Å². The maximum atomic E-state index is 15.7. The predicted molar refractivity (Wildman–Crippen MR) is 92.6 cm³/mol. The first-order valence-electron chi connectivity index (χ1n) is 8.56. The normalized spacial score (nSPS) is 23.1. The van der Waals surface area contributed by atoms with Crippen molar-refractivity contribution in [3.05, 3.63) is 47.2 Å². The number of hydrogen-bond donors (Lipinski definition) is 0. The van der Waals surface area contributed by atoms with Crippen LogP contribution in [0.3, 0.4) is 0 Å². The molecule has 0 saturated carbocycles. The Morgan fingerprint density at radius 2 is 1.79 bits per heavy atom. The van der Waals surface area contributed by atoms with Crippen LogP contribution in [0.2, 0.25) is 0 Å². The van der Waals surface area contributed by atoms with Crippen LogP contribution in [0.25, 0.3) is 0 Å². The third-order valence-corrected chi connectivity index (χ3v) is 5.36. The minimum Gasteiger partial charge on any atom is -0.465 e. The van der Waals surface area contributed by atoms with Crippen molar-refractivity contribution in [2.45, 2.75) is 49.7 Å². The molecule has 1 aliphatic carbocycles. The van der Waals surface area contributed by atoms with Crippen molar-refractivity contribution in [2.75, 3.05) is 7.11 Å². The van der Waals surface area contributed by atoms with Crippen molar-refractivity contribution in [1.82, 2.24) is 0 Å². The van der Waals surface area contributed by atoms with Gasteiger partial charge in [-0.05, 0) is 49.5 Å². The second-order valence-corrected chi connectivity index (χ2v) is 8.02.